The zero-order chi connectivity index (χ0) is 9.26. The summed E-state index contributed by atoms with van der Waals surface area (Å²) in [5.41, 5.74) is -0.145. The van der Waals surface area contributed by atoms with E-state index in [4.69, 9.17) is 5.11 Å². The number of aliphatic hydroxyl groups excluding tert-OH is 1. The van der Waals surface area contributed by atoms with Crippen LogP contribution in [-0.4, -0.2) is 26.5 Å². The minimum Gasteiger partial charge on any atom is -0.396 e. The van der Waals surface area contributed by atoms with Crippen molar-refractivity contribution in [3.05, 3.63) is 16.3 Å². The molecule has 5 nitrogen and oxygen atoms in total. The van der Waals surface area contributed by atoms with Crippen LogP contribution in [0.2, 0.25) is 0 Å². The van der Waals surface area contributed by atoms with Gasteiger partial charge >= 0.3 is 5.69 Å². The molecule has 0 aromatic carbocycles. The second-order valence-corrected chi connectivity index (χ2v) is 3.38. The maximum atomic E-state index is 11.3. The van der Waals surface area contributed by atoms with E-state index < -0.39 is 0 Å². The molecule has 0 radical (unpaired) electrons. The lowest BCUT2D eigenvalue weighted by atomic mass is 9.93. The van der Waals surface area contributed by atoms with Crippen molar-refractivity contribution in [1.29, 1.82) is 0 Å². The standard InChI is InChI=1S/C8H13N3O2/c12-5-4-7-9-8(13)11(10-7)6-2-1-3-6/h6,12H,1-5H2,(H,9,10,13). The Labute approximate surface area is 75.4 Å². The van der Waals surface area contributed by atoms with Gasteiger partial charge in [0.25, 0.3) is 0 Å². The van der Waals surface area contributed by atoms with Crippen LogP contribution >= 0.6 is 0 Å². The average Bonchev–Trinajstić information content (AvgIpc) is 2.30. The number of hydrogen-bond acceptors (Lipinski definition) is 3. The van der Waals surface area contributed by atoms with Crippen LogP contribution in [0.25, 0.3) is 0 Å². The Bertz CT molecular complexity index is 337. The van der Waals surface area contributed by atoms with E-state index in [1.54, 1.807) is 0 Å². The van der Waals surface area contributed by atoms with E-state index in [0.29, 0.717) is 12.2 Å². The fourth-order valence-electron chi connectivity index (χ4n) is 1.48. The highest BCUT2D eigenvalue weighted by Crippen LogP contribution is 2.29. The number of nitrogens with one attached hydrogen (secondary N) is 1. The summed E-state index contributed by atoms with van der Waals surface area (Å²) in [6, 6.07) is 0.288. The fourth-order valence-corrected chi connectivity index (χ4v) is 1.48. The maximum absolute atomic E-state index is 11.3. The van der Waals surface area contributed by atoms with Crippen molar-refractivity contribution in [3.8, 4) is 0 Å². The molecule has 0 unspecified atom stereocenters. The van der Waals surface area contributed by atoms with Crippen LogP contribution in [0.4, 0.5) is 0 Å². The minimum absolute atomic E-state index is 0.0254. The number of hydrogen-bond donors (Lipinski definition) is 2. The number of nitrogens with zero attached hydrogens (tertiary/aromatic N) is 2. The average molecular weight is 183 g/mol. The lowest BCUT2D eigenvalue weighted by molar-refractivity contribution is 0.277. The zero-order valence-electron chi connectivity index (χ0n) is 7.36. The molecule has 2 N–H and O–H groups in total. The largest absolute Gasteiger partial charge is 0.396 e. The predicted molar refractivity (Wildman–Crippen MR) is 46.5 cm³/mol. The van der Waals surface area contributed by atoms with Crippen LogP contribution in [0.3, 0.4) is 0 Å². The van der Waals surface area contributed by atoms with Crippen LogP contribution in [0.1, 0.15) is 31.1 Å². The summed E-state index contributed by atoms with van der Waals surface area (Å²) < 4.78 is 1.51. The Morgan fingerprint density at radius 3 is 2.92 bits per heavy atom. The van der Waals surface area contributed by atoms with E-state index in [-0.39, 0.29) is 18.3 Å². The second-order valence-electron chi connectivity index (χ2n) is 3.38. The molecular weight excluding hydrogens is 170 g/mol. The normalized spacial score (nSPS) is 17.3. The van der Waals surface area contributed by atoms with Gasteiger partial charge in [-0.1, -0.05) is 0 Å². The zero-order valence-corrected chi connectivity index (χ0v) is 7.36. The lowest BCUT2D eigenvalue weighted by Gasteiger charge is -2.24. The first-order valence-electron chi connectivity index (χ1n) is 4.60. The Hall–Kier alpha value is -1.10. The van der Waals surface area contributed by atoms with E-state index in [0.717, 1.165) is 12.8 Å². The summed E-state index contributed by atoms with van der Waals surface area (Å²) in [5.74, 6) is 0.583. The smallest absolute Gasteiger partial charge is 0.343 e. The van der Waals surface area contributed by atoms with Crippen LogP contribution in [0.15, 0.2) is 4.79 Å². The molecule has 13 heavy (non-hydrogen) atoms. The van der Waals surface area contributed by atoms with E-state index >= 15 is 0 Å². The molecule has 0 bridgehead atoms. The van der Waals surface area contributed by atoms with Crippen molar-refractivity contribution in [2.24, 2.45) is 0 Å². The van der Waals surface area contributed by atoms with Crippen LogP contribution in [0, 0.1) is 0 Å². The summed E-state index contributed by atoms with van der Waals surface area (Å²) in [5, 5.41) is 12.8. The third-order valence-corrected chi connectivity index (χ3v) is 2.46. The topological polar surface area (TPSA) is 70.9 Å². The number of H-pyrrole nitrogens is 1. The molecule has 1 fully saturated rings. The van der Waals surface area contributed by atoms with E-state index in [2.05, 4.69) is 10.1 Å². The number of rotatable bonds is 3. The van der Waals surface area contributed by atoms with E-state index in [9.17, 15) is 4.79 Å². The molecule has 0 amide bonds. The molecule has 0 spiro atoms. The summed E-state index contributed by atoms with van der Waals surface area (Å²) >= 11 is 0. The summed E-state index contributed by atoms with van der Waals surface area (Å²) in [4.78, 5) is 13.9. The van der Waals surface area contributed by atoms with E-state index in [1.165, 1.54) is 11.1 Å². The fraction of sp³-hybridized carbons (Fsp3) is 0.750. The monoisotopic (exact) mass is 183 g/mol. The van der Waals surface area contributed by atoms with Crippen molar-refractivity contribution in [3.63, 3.8) is 0 Å². The summed E-state index contributed by atoms with van der Waals surface area (Å²) in [6.07, 6.45) is 3.70. The third kappa shape index (κ3) is 1.51. The molecule has 1 aliphatic carbocycles. The molecular formula is C8H13N3O2. The van der Waals surface area contributed by atoms with Crippen molar-refractivity contribution in [1.82, 2.24) is 14.8 Å². The Morgan fingerprint density at radius 2 is 2.38 bits per heavy atom. The van der Waals surface area contributed by atoms with Crippen LogP contribution < -0.4 is 5.69 Å². The van der Waals surface area contributed by atoms with Gasteiger partial charge in [0.15, 0.2) is 0 Å². The first-order valence-corrected chi connectivity index (χ1v) is 4.60. The minimum atomic E-state index is -0.145. The summed E-state index contributed by atoms with van der Waals surface area (Å²) in [6.45, 7) is 0.0254. The predicted octanol–water partition coefficient (Wildman–Crippen LogP) is -0.169. The molecule has 1 aromatic heterocycles. The van der Waals surface area contributed by atoms with Gasteiger partial charge in [0.1, 0.15) is 5.82 Å². The molecule has 1 aliphatic rings. The van der Waals surface area contributed by atoms with Gasteiger partial charge in [0, 0.05) is 6.42 Å². The molecule has 1 saturated carbocycles. The molecule has 0 saturated heterocycles. The van der Waals surface area contributed by atoms with Crippen molar-refractivity contribution >= 4 is 0 Å². The first-order chi connectivity index (χ1) is 6.31. The van der Waals surface area contributed by atoms with Crippen LogP contribution in [-0.2, 0) is 6.42 Å². The quantitative estimate of drug-likeness (QED) is 0.683. The van der Waals surface area contributed by atoms with Gasteiger partial charge in [-0.15, -0.1) is 0 Å². The van der Waals surface area contributed by atoms with Gasteiger partial charge in [0.2, 0.25) is 0 Å². The van der Waals surface area contributed by atoms with Gasteiger partial charge < -0.3 is 5.11 Å². The van der Waals surface area contributed by atoms with Gasteiger partial charge in [-0.2, -0.15) is 5.10 Å². The van der Waals surface area contributed by atoms with Gasteiger partial charge in [-0.05, 0) is 19.3 Å². The number of aliphatic hydroxyl groups is 1. The molecule has 1 aromatic rings. The second kappa shape index (κ2) is 3.33. The van der Waals surface area contributed by atoms with Gasteiger partial charge in [-0.25, -0.2) is 9.48 Å². The summed E-state index contributed by atoms with van der Waals surface area (Å²) in [7, 11) is 0. The lowest BCUT2D eigenvalue weighted by Crippen LogP contribution is -2.27. The van der Waals surface area contributed by atoms with Crippen molar-refractivity contribution in [2.45, 2.75) is 31.7 Å². The Morgan fingerprint density at radius 1 is 1.62 bits per heavy atom. The van der Waals surface area contributed by atoms with E-state index in [1.807, 2.05) is 0 Å². The van der Waals surface area contributed by atoms with Crippen LogP contribution in [0.5, 0.6) is 0 Å². The molecule has 1 heterocycles. The van der Waals surface area contributed by atoms with Crippen molar-refractivity contribution < 1.29 is 5.11 Å². The van der Waals surface area contributed by atoms with Gasteiger partial charge in [-0.3, -0.25) is 4.98 Å². The molecule has 5 heteroatoms. The third-order valence-electron chi connectivity index (χ3n) is 2.46. The highest BCUT2D eigenvalue weighted by atomic mass is 16.3. The number of aromatic amines is 1. The molecule has 72 valence electrons. The number of aromatic nitrogens is 3. The van der Waals surface area contributed by atoms with Crippen molar-refractivity contribution in [2.75, 3.05) is 6.61 Å². The molecule has 2 rings (SSSR count). The Kier molecular flexibility index (Phi) is 2.18. The van der Waals surface area contributed by atoms with Gasteiger partial charge in [0.05, 0.1) is 12.6 Å². The Balaban J connectivity index is 2.20. The highest BCUT2D eigenvalue weighted by Gasteiger charge is 2.22. The SMILES string of the molecule is O=c1[nH]c(CCO)nn1C1CCC1. The molecule has 0 aliphatic heterocycles. The molecule has 0 atom stereocenters. The first kappa shape index (κ1) is 8.50. The maximum Gasteiger partial charge on any atom is 0.343 e. The highest BCUT2D eigenvalue weighted by molar-refractivity contribution is 4.86.